The predicted octanol–water partition coefficient (Wildman–Crippen LogP) is 3.33. The highest BCUT2D eigenvalue weighted by atomic mass is 32.1. The molecule has 3 rings (SSSR count). The maximum Gasteiger partial charge on any atom is 0.220 e. The highest BCUT2D eigenvalue weighted by Gasteiger charge is 2.17. The van der Waals surface area contributed by atoms with Gasteiger partial charge in [-0.25, -0.2) is 0 Å². The first-order valence-electron chi connectivity index (χ1n) is 7.12. The maximum atomic E-state index is 11.9. The number of ether oxygens (including phenoxy) is 1. The molecule has 1 atom stereocenters. The average molecular weight is 289 g/mol. The van der Waals surface area contributed by atoms with Gasteiger partial charge in [-0.15, -0.1) is 11.3 Å². The van der Waals surface area contributed by atoms with E-state index in [1.807, 2.05) is 0 Å². The summed E-state index contributed by atoms with van der Waals surface area (Å²) < 4.78 is 6.70. The van der Waals surface area contributed by atoms with Gasteiger partial charge in [-0.05, 0) is 53.3 Å². The number of rotatable bonds is 4. The molecule has 1 fully saturated rings. The van der Waals surface area contributed by atoms with Crippen LogP contribution in [0.3, 0.4) is 0 Å². The summed E-state index contributed by atoms with van der Waals surface area (Å²) >= 11 is 1.74. The van der Waals surface area contributed by atoms with Crippen LogP contribution in [0.2, 0.25) is 0 Å². The van der Waals surface area contributed by atoms with Crippen molar-refractivity contribution in [2.75, 3.05) is 13.2 Å². The van der Waals surface area contributed by atoms with E-state index in [1.54, 1.807) is 11.3 Å². The highest BCUT2D eigenvalue weighted by Crippen LogP contribution is 2.22. The zero-order valence-corrected chi connectivity index (χ0v) is 12.2. The largest absolute Gasteiger partial charge is 0.381 e. The van der Waals surface area contributed by atoms with Crippen molar-refractivity contribution in [1.82, 2.24) is 5.32 Å². The summed E-state index contributed by atoms with van der Waals surface area (Å²) in [4.78, 5) is 11.9. The predicted molar refractivity (Wildman–Crippen MR) is 81.8 cm³/mol. The van der Waals surface area contributed by atoms with Gasteiger partial charge in [-0.3, -0.25) is 4.79 Å². The Balaban J connectivity index is 1.51. The smallest absolute Gasteiger partial charge is 0.220 e. The van der Waals surface area contributed by atoms with Gasteiger partial charge in [0.05, 0.1) is 0 Å². The molecule has 4 heteroatoms. The van der Waals surface area contributed by atoms with Gasteiger partial charge in [0.25, 0.3) is 0 Å². The molecule has 1 aliphatic rings. The van der Waals surface area contributed by atoms with Crippen LogP contribution in [0.4, 0.5) is 0 Å². The molecule has 1 unspecified atom stereocenters. The first-order valence-corrected chi connectivity index (χ1v) is 8.00. The summed E-state index contributed by atoms with van der Waals surface area (Å²) in [7, 11) is 0. The van der Waals surface area contributed by atoms with Crippen molar-refractivity contribution < 1.29 is 9.53 Å². The van der Waals surface area contributed by atoms with E-state index in [0.29, 0.717) is 18.9 Å². The van der Waals surface area contributed by atoms with Gasteiger partial charge in [0.15, 0.2) is 0 Å². The third-order valence-electron chi connectivity index (χ3n) is 3.74. The van der Waals surface area contributed by atoms with Crippen LogP contribution in [0, 0.1) is 5.92 Å². The molecule has 1 N–H and O–H groups in total. The van der Waals surface area contributed by atoms with Crippen molar-refractivity contribution in [3.63, 3.8) is 0 Å². The molecular formula is C16H19NO2S. The molecule has 1 aromatic heterocycles. The molecule has 1 aliphatic heterocycles. The van der Waals surface area contributed by atoms with Crippen LogP contribution in [-0.4, -0.2) is 19.1 Å². The number of benzene rings is 1. The Bertz CT molecular complexity index is 587. The Morgan fingerprint density at radius 3 is 3.20 bits per heavy atom. The van der Waals surface area contributed by atoms with Crippen LogP contribution in [0.25, 0.3) is 10.1 Å². The minimum atomic E-state index is 0.130. The summed E-state index contributed by atoms with van der Waals surface area (Å²) in [5.74, 6) is 0.522. The van der Waals surface area contributed by atoms with E-state index in [9.17, 15) is 4.79 Å². The van der Waals surface area contributed by atoms with Crippen molar-refractivity contribution in [1.29, 1.82) is 0 Å². The third kappa shape index (κ3) is 3.38. The zero-order chi connectivity index (χ0) is 13.8. The first kappa shape index (κ1) is 13.6. The van der Waals surface area contributed by atoms with E-state index >= 15 is 0 Å². The minimum absolute atomic E-state index is 0.130. The second-order valence-electron chi connectivity index (χ2n) is 5.36. The average Bonchev–Trinajstić information content (AvgIpc) is 2.93. The number of fused-ring (bicyclic) bond motifs is 1. The van der Waals surface area contributed by atoms with Crippen molar-refractivity contribution in [3.05, 3.63) is 35.2 Å². The van der Waals surface area contributed by atoms with E-state index in [4.69, 9.17) is 4.74 Å². The van der Waals surface area contributed by atoms with Crippen LogP contribution in [0.5, 0.6) is 0 Å². The molecule has 0 aliphatic carbocycles. The second-order valence-corrected chi connectivity index (χ2v) is 6.30. The lowest BCUT2D eigenvalue weighted by molar-refractivity contribution is -0.123. The lowest BCUT2D eigenvalue weighted by atomic mass is 9.98. The molecule has 0 bridgehead atoms. The first-order chi connectivity index (χ1) is 9.81. The Morgan fingerprint density at radius 2 is 2.35 bits per heavy atom. The Morgan fingerprint density at radius 1 is 1.40 bits per heavy atom. The highest BCUT2D eigenvalue weighted by molar-refractivity contribution is 7.17. The van der Waals surface area contributed by atoms with E-state index in [1.165, 1.54) is 10.1 Å². The molecule has 0 radical (unpaired) electrons. The number of carbonyl (C=O) groups excluding carboxylic acids is 1. The van der Waals surface area contributed by atoms with E-state index < -0.39 is 0 Å². The number of amides is 1. The number of hydrogen-bond donors (Lipinski definition) is 1. The Kier molecular flexibility index (Phi) is 4.33. The van der Waals surface area contributed by atoms with Gasteiger partial charge >= 0.3 is 0 Å². The molecule has 20 heavy (non-hydrogen) atoms. The maximum absolute atomic E-state index is 11.9. The minimum Gasteiger partial charge on any atom is -0.381 e. The molecule has 3 nitrogen and oxygen atoms in total. The molecule has 1 aromatic carbocycles. The van der Waals surface area contributed by atoms with Crippen molar-refractivity contribution in [3.8, 4) is 0 Å². The standard InChI is InChI=1S/C16H19NO2S/c18-16(9-13-2-1-6-19-11-13)17-10-12-3-4-15-14(8-12)5-7-20-15/h3-5,7-8,13H,1-2,6,9-11H2,(H,17,18). The van der Waals surface area contributed by atoms with Crippen molar-refractivity contribution >= 4 is 27.3 Å². The zero-order valence-electron chi connectivity index (χ0n) is 11.4. The SMILES string of the molecule is O=C(CC1CCCOC1)NCc1ccc2sccc2c1. The molecule has 0 spiro atoms. The van der Waals surface area contributed by atoms with Crippen LogP contribution >= 0.6 is 11.3 Å². The summed E-state index contributed by atoms with van der Waals surface area (Å²) in [6.45, 7) is 2.19. The Hall–Kier alpha value is -1.39. The fourth-order valence-corrected chi connectivity index (χ4v) is 3.40. The lowest BCUT2D eigenvalue weighted by Gasteiger charge is -2.21. The molecule has 1 amide bonds. The van der Waals surface area contributed by atoms with E-state index in [-0.39, 0.29) is 5.91 Å². The monoisotopic (exact) mass is 289 g/mol. The molecule has 2 aromatic rings. The number of carbonyl (C=O) groups is 1. The number of thiophene rings is 1. The normalized spacial score (nSPS) is 19.1. The number of nitrogens with one attached hydrogen (secondary N) is 1. The van der Waals surface area contributed by atoms with Crippen LogP contribution in [0.15, 0.2) is 29.6 Å². The van der Waals surface area contributed by atoms with Gasteiger partial charge in [-0.2, -0.15) is 0 Å². The lowest BCUT2D eigenvalue weighted by Crippen LogP contribution is -2.28. The molecule has 106 valence electrons. The van der Waals surface area contributed by atoms with Gasteiger partial charge in [0.2, 0.25) is 5.91 Å². The molecular weight excluding hydrogens is 270 g/mol. The van der Waals surface area contributed by atoms with Crippen LogP contribution in [0.1, 0.15) is 24.8 Å². The van der Waals surface area contributed by atoms with Gasteiger partial charge in [0, 0.05) is 30.9 Å². The fraction of sp³-hybridized carbons (Fsp3) is 0.438. The summed E-state index contributed by atoms with van der Waals surface area (Å²) in [5.41, 5.74) is 1.16. The van der Waals surface area contributed by atoms with Crippen molar-refractivity contribution in [2.45, 2.75) is 25.8 Å². The van der Waals surface area contributed by atoms with Gasteiger partial charge < -0.3 is 10.1 Å². The Labute approximate surface area is 122 Å². The number of hydrogen-bond acceptors (Lipinski definition) is 3. The van der Waals surface area contributed by atoms with Crippen LogP contribution < -0.4 is 5.32 Å². The van der Waals surface area contributed by atoms with Crippen LogP contribution in [-0.2, 0) is 16.1 Å². The molecule has 2 heterocycles. The molecule has 0 saturated carbocycles. The van der Waals surface area contributed by atoms with E-state index in [2.05, 4.69) is 35.0 Å². The topological polar surface area (TPSA) is 38.3 Å². The van der Waals surface area contributed by atoms with Gasteiger partial charge in [0.1, 0.15) is 0 Å². The van der Waals surface area contributed by atoms with E-state index in [0.717, 1.165) is 31.6 Å². The van der Waals surface area contributed by atoms with Crippen molar-refractivity contribution in [2.24, 2.45) is 5.92 Å². The second kappa shape index (κ2) is 6.37. The summed E-state index contributed by atoms with van der Waals surface area (Å²) in [6, 6.07) is 8.47. The quantitative estimate of drug-likeness (QED) is 0.937. The third-order valence-corrected chi connectivity index (χ3v) is 4.63. The summed E-state index contributed by atoms with van der Waals surface area (Å²) in [6.07, 6.45) is 2.77. The molecule has 1 saturated heterocycles. The summed E-state index contributed by atoms with van der Waals surface area (Å²) in [5, 5.41) is 6.36. The van der Waals surface area contributed by atoms with Gasteiger partial charge in [-0.1, -0.05) is 6.07 Å². The fourth-order valence-electron chi connectivity index (χ4n) is 2.63.